The average Bonchev–Trinajstić information content (AvgIpc) is 2.65. The summed E-state index contributed by atoms with van der Waals surface area (Å²) in [6, 6.07) is 2.18. The van der Waals surface area contributed by atoms with Crippen LogP contribution in [0.2, 0.25) is 0 Å². The van der Waals surface area contributed by atoms with Crippen molar-refractivity contribution < 1.29 is 0 Å². The monoisotopic (exact) mass is 278 g/mol. The highest BCUT2D eigenvalue weighted by Gasteiger charge is 2.15. The van der Waals surface area contributed by atoms with Gasteiger partial charge in [-0.1, -0.05) is 0 Å². The molecule has 2 aromatic heterocycles. The van der Waals surface area contributed by atoms with Crippen LogP contribution in [0.4, 0.5) is 0 Å². The highest BCUT2D eigenvalue weighted by atomic mass is 32.2. The summed E-state index contributed by atoms with van der Waals surface area (Å²) in [5.74, 6) is 0. The summed E-state index contributed by atoms with van der Waals surface area (Å²) < 4.78 is 2.10. The van der Waals surface area contributed by atoms with Gasteiger partial charge in [-0.05, 0) is 38.7 Å². The normalized spacial score (nSPS) is 12.3. The number of pyridine rings is 1. The molecule has 2 aromatic rings. The highest BCUT2D eigenvalue weighted by molar-refractivity contribution is 7.99. The summed E-state index contributed by atoms with van der Waals surface area (Å²) in [7, 11) is 1.93. The maximum Gasteiger partial charge on any atom is 0.157 e. The molecule has 19 heavy (non-hydrogen) atoms. The second-order valence-corrected chi connectivity index (χ2v) is 7.00. The molecule has 1 N–H and O–H groups in total. The largest absolute Gasteiger partial charge is 0.311 e. The van der Waals surface area contributed by atoms with Gasteiger partial charge in [0, 0.05) is 36.5 Å². The topological polar surface area (TPSA) is 42.7 Å². The van der Waals surface area contributed by atoms with Crippen molar-refractivity contribution in [2.24, 2.45) is 7.05 Å². The van der Waals surface area contributed by atoms with Gasteiger partial charge in [-0.15, -0.1) is 0 Å². The van der Waals surface area contributed by atoms with Crippen LogP contribution in [0.3, 0.4) is 0 Å². The van der Waals surface area contributed by atoms with Crippen LogP contribution in [-0.2, 0) is 13.6 Å². The molecule has 0 aromatic carbocycles. The Morgan fingerprint density at radius 2 is 2.16 bits per heavy atom. The van der Waals surface area contributed by atoms with E-state index in [1.165, 1.54) is 5.56 Å². The van der Waals surface area contributed by atoms with E-state index in [1.54, 1.807) is 0 Å². The summed E-state index contributed by atoms with van der Waals surface area (Å²) >= 11 is 1.88. The number of hydrogen-bond donors (Lipinski definition) is 1. The number of aryl methyl sites for hydroxylation is 2. The number of hydrogen-bond acceptors (Lipinski definition) is 4. The molecule has 5 heteroatoms. The van der Waals surface area contributed by atoms with Crippen molar-refractivity contribution in [3.63, 3.8) is 0 Å². The zero-order valence-corrected chi connectivity index (χ0v) is 13.1. The van der Waals surface area contributed by atoms with Crippen LogP contribution in [0.25, 0.3) is 11.0 Å². The van der Waals surface area contributed by atoms with Gasteiger partial charge in [-0.2, -0.15) is 16.9 Å². The Morgan fingerprint density at radius 1 is 1.42 bits per heavy atom. The predicted octanol–water partition coefficient (Wildman–Crippen LogP) is 2.51. The van der Waals surface area contributed by atoms with E-state index in [0.29, 0.717) is 0 Å². The second kappa shape index (κ2) is 5.51. The summed E-state index contributed by atoms with van der Waals surface area (Å²) in [4.78, 5) is 4.49. The van der Waals surface area contributed by atoms with Crippen molar-refractivity contribution in [3.05, 3.63) is 23.5 Å². The molecule has 0 spiro atoms. The molecule has 0 amide bonds. The van der Waals surface area contributed by atoms with E-state index < -0.39 is 0 Å². The number of thioether (sulfide) groups is 1. The molecule has 0 saturated heterocycles. The third-order valence-electron chi connectivity index (χ3n) is 3.35. The molecule has 104 valence electrons. The van der Waals surface area contributed by atoms with E-state index in [0.717, 1.165) is 29.8 Å². The van der Waals surface area contributed by atoms with Crippen molar-refractivity contribution in [1.82, 2.24) is 20.1 Å². The summed E-state index contributed by atoms with van der Waals surface area (Å²) in [5.41, 5.74) is 3.20. The minimum atomic E-state index is 0.266. The number of rotatable bonds is 5. The standard InChI is InChI=1S/C14H22N4S/c1-10-12-6-11(7-15-9-14(2,3)19-5)8-16-13(12)18(4)17-10/h6,8,15H,7,9H2,1-5H3. The molecule has 0 bridgehead atoms. The Kier molecular flexibility index (Phi) is 4.16. The first-order valence-corrected chi connectivity index (χ1v) is 7.69. The Hall–Kier alpha value is -1.07. The smallest absolute Gasteiger partial charge is 0.157 e. The van der Waals surface area contributed by atoms with Gasteiger partial charge in [-0.25, -0.2) is 4.98 Å². The maximum atomic E-state index is 4.49. The van der Waals surface area contributed by atoms with Crippen LogP contribution in [0, 0.1) is 6.92 Å². The van der Waals surface area contributed by atoms with Crippen LogP contribution in [0.15, 0.2) is 12.3 Å². The second-order valence-electron chi connectivity index (χ2n) is 5.49. The minimum Gasteiger partial charge on any atom is -0.311 e. The molecule has 2 heterocycles. The minimum absolute atomic E-state index is 0.266. The zero-order valence-electron chi connectivity index (χ0n) is 12.3. The third kappa shape index (κ3) is 3.28. The molecule has 2 rings (SSSR count). The molecule has 4 nitrogen and oxygen atoms in total. The lowest BCUT2D eigenvalue weighted by Crippen LogP contribution is -2.31. The molecule has 0 saturated carbocycles. The average molecular weight is 278 g/mol. The summed E-state index contributed by atoms with van der Waals surface area (Å²) in [6.07, 6.45) is 4.08. The Balaban J connectivity index is 2.08. The van der Waals surface area contributed by atoms with Gasteiger partial charge >= 0.3 is 0 Å². The molecule has 0 radical (unpaired) electrons. The van der Waals surface area contributed by atoms with Crippen LogP contribution in [-0.4, -0.2) is 32.3 Å². The van der Waals surface area contributed by atoms with Gasteiger partial charge in [0.15, 0.2) is 5.65 Å². The van der Waals surface area contributed by atoms with E-state index in [2.05, 4.69) is 41.6 Å². The van der Waals surface area contributed by atoms with Crippen LogP contribution < -0.4 is 5.32 Å². The SMILES string of the molecule is CSC(C)(C)CNCc1cnc2c(c1)c(C)nn2C. The highest BCUT2D eigenvalue weighted by Crippen LogP contribution is 2.20. The fourth-order valence-corrected chi connectivity index (χ4v) is 2.27. The maximum absolute atomic E-state index is 4.49. The predicted molar refractivity (Wildman–Crippen MR) is 82.5 cm³/mol. The van der Waals surface area contributed by atoms with E-state index in [4.69, 9.17) is 0 Å². The summed E-state index contributed by atoms with van der Waals surface area (Å²) in [5, 5.41) is 9.03. The van der Waals surface area contributed by atoms with Crippen molar-refractivity contribution in [1.29, 1.82) is 0 Å². The lowest BCUT2D eigenvalue weighted by molar-refractivity contribution is 0.590. The van der Waals surface area contributed by atoms with Crippen molar-refractivity contribution in [3.8, 4) is 0 Å². The number of nitrogens with one attached hydrogen (secondary N) is 1. The van der Waals surface area contributed by atoms with Gasteiger partial charge in [0.05, 0.1) is 5.69 Å². The van der Waals surface area contributed by atoms with Gasteiger partial charge < -0.3 is 5.32 Å². The number of nitrogens with zero attached hydrogens (tertiary/aromatic N) is 3. The number of aromatic nitrogens is 3. The van der Waals surface area contributed by atoms with E-state index in [9.17, 15) is 0 Å². The van der Waals surface area contributed by atoms with Gasteiger partial charge in [0.25, 0.3) is 0 Å². The van der Waals surface area contributed by atoms with E-state index >= 15 is 0 Å². The Bertz CT molecular complexity index is 574. The summed E-state index contributed by atoms with van der Waals surface area (Å²) in [6.45, 7) is 8.35. The molecule has 0 atom stereocenters. The van der Waals surface area contributed by atoms with E-state index in [1.807, 2.05) is 36.6 Å². The molecule has 0 unspecified atom stereocenters. The first-order valence-electron chi connectivity index (χ1n) is 6.47. The van der Waals surface area contributed by atoms with Crippen molar-refractivity contribution in [2.45, 2.75) is 32.1 Å². The molecular weight excluding hydrogens is 256 g/mol. The van der Waals surface area contributed by atoms with Crippen LogP contribution in [0.1, 0.15) is 25.1 Å². The van der Waals surface area contributed by atoms with Gasteiger partial charge in [0.1, 0.15) is 0 Å². The number of fused-ring (bicyclic) bond motifs is 1. The molecule has 0 aliphatic carbocycles. The van der Waals surface area contributed by atoms with Crippen molar-refractivity contribution >= 4 is 22.8 Å². The molecule has 0 aliphatic heterocycles. The van der Waals surface area contributed by atoms with Crippen LogP contribution in [0.5, 0.6) is 0 Å². The third-order valence-corrected chi connectivity index (χ3v) is 4.60. The first kappa shape index (κ1) is 14.3. The molecule has 0 aliphatic rings. The van der Waals surface area contributed by atoms with E-state index in [-0.39, 0.29) is 4.75 Å². The quantitative estimate of drug-likeness (QED) is 0.912. The zero-order chi connectivity index (χ0) is 14.0. The first-order chi connectivity index (χ1) is 8.93. The van der Waals surface area contributed by atoms with Crippen LogP contribution >= 0.6 is 11.8 Å². The van der Waals surface area contributed by atoms with Gasteiger partial charge in [0.2, 0.25) is 0 Å². The fraction of sp³-hybridized carbons (Fsp3) is 0.571. The fourth-order valence-electron chi connectivity index (χ4n) is 2.03. The lowest BCUT2D eigenvalue weighted by atomic mass is 10.2. The Morgan fingerprint density at radius 3 is 2.84 bits per heavy atom. The van der Waals surface area contributed by atoms with Gasteiger partial charge in [-0.3, -0.25) is 4.68 Å². The van der Waals surface area contributed by atoms with Crippen molar-refractivity contribution in [2.75, 3.05) is 12.8 Å². The Labute approximate surface area is 119 Å². The molecular formula is C14H22N4S. The molecule has 0 fully saturated rings. The lowest BCUT2D eigenvalue weighted by Gasteiger charge is -2.22.